The first-order valence-electron chi connectivity index (χ1n) is 9.82. The molecule has 0 bridgehead atoms. The lowest BCUT2D eigenvalue weighted by Crippen LogP contribution is -2.36. The molecule has 31 heavy (non-hydrogen) atoms. The monoisotopic (exact) mass is 454 g/mol. The number of nitrogens with one attached hydrogen (secondary N) is 1. The number of ether oxygens (including phenoxy) is 1. The highest BCUT2D eigenvalue weighted by atomic mass is 35.5. The Morgan fingerprint density at radius 1 is 1.03 bits per heavy atom. The molecule has 3 rings (SSSR count). The minimum Gasteiger partial charge on any atom is -0.378 e. The summed E-state index contributed by atoms with van der Waals surface area (Å²) in [5, 5.41) is 2.98. The summed E-state index contributed by atoms with van der Waals surface area (Å²) in [7, 11) is 0. The number of carbonyl (C=O) groups excluding carboxylic acids is 2. The summed E-state index contributed by atoms with van der Waals surface area (Å²) in [6.45, 7) is 1.71. The highest BCUT2D eigenvalue weighted by Gasteiger charge is 2.34. The topological polar surface area (TPSA) is 58.6 Å². The van der Waals surface area contributed by atoms with E-state index in [-0.39, 0.29) is 30.7 Å². The van der Waals surface area contributed by atoms with Crippen molar-refractivity contribution in [2.45, 2.75) is 25.6 Å². The molecule has 1 saturated heterocycles. The molecule has 5 nitrogen and oxygen atoms in total. The van der Waals surface area contributed by atoms with Crippen molar-refractivity contribution in [3.8, 4) is 0 Å². The summed E-state index contributed by atoms with van der Waals surface area (Å²) in [6.07, 6.45) is -4.71. The number of benzene rings is 2. The SMILES string of the molecule is O=C(CCC(=O)c1ccc(Cl)cc1)NCc1ccc(N2CCOCC2)cc1C(F)(F)F. The summed E-state index contributed by atoms with van der Waals surface area (Å²) < 4.78 is 46.0. The van der Waals surface area contributed by atoms with Crippen LogP contribution in [0.2, 0.25) is 5.02 Å². The molecule has 166 valence electrons. The summed E-state index contributed by atoms with van der Waals surface area (Å²) >= 11 is 5.78. The quantitative estimate of drug-likeness (QED) is 0.627. The molecule has 1 fully saturated rings. The van der Waals surface area contributed by atoms with Gasteiger partial charge in [0.15, 0.2) is 5.78 Å². The number of rotatable bonds is 7. The minimum atomic E-state index is -4.55. The van der Waals surface area contributed by atoms with Crippen molar-refractivity contribution >= 4 is 29.0 Å². The molecular formula is C22H22ClF3N2O3. The van der Waals surface area contributed by atoms with Crippen molar-refractivity contribution in [3.63, 3.8) is 0 Å². The summed E-state index contributed by atoms with van der Waals surface area (Å²) in [6, 6.07) is 10.4. The number of morpholine rings is 1. The van der Waals surface area contributed by atoms with Crippen LogP contribution in [0.5, 0.6) is 0 Å². The second-order valence-electron chi connectivity index (χ2n) is 7.15. The highest BCUT2D eigenvalue weighted by Crippen LogP contribution is 2.35. The standard InChI is InChI=1S/C22H22ClF3N2O3/c23-17-4-1-15(2-5-17)20(29)7-8-21(30)27-14-16-3-6-18(13-19(16)22(24,25)26)28-9-11-31-12-10-28/h1-6,13H,7-12,14H2,(H,27,30). The van der Waals surface area contributed by atoms with E-state index in [4.69, 9.17) is 16.3 Å². The second kappa shape index (κ2) is 10.2. The molecule has 0 aromatic heterocycles. The van der Waals surface area contributed by atoms with Crippen LogP contribution in [-0.4, -0.2) is 38.0 Å². The van der Waals surface area contributed by atoms with Gasteiger partial charge in [-0.3, -0.25) is 9.59 Å². The van der Waals surface area contributed by atoms with E-state index >= 15 is 0 Å². The van der Waals surface area contributed by atoms with Crippen LogP contribution in [0, 0.1) is 0 Å². The first-order valence-corrected chi connectivity index (χ1v) is 10.2. The van der Waals surface area contributed by atoms with E-state index in [2.05, 4.69) is 5.32 Å². The molecule has 1 heterocycles. The Morgan fingerprint density at radius 2 is 1.71 bits per heavy atom. The average molecular weight is 455 g/mol. The minimum absolute atomic E-state index is 0.0260. The fourth-order valence-electron chi connectivity index (χ4n) is 3.29. The summed E-state index contributed by atoms with van der Waals surface area (Å²) in [5.41, 5.74) is 0.0884. The Labute approximate surface area is 183 Å². The number of nitrogens with zero attached hydrogens (tertiary/aromatic N) is 1. The molecule has 2 aromatic rings. The molecule has 1 N–H and O–H groups in total. The van der Waals surface area contributed by atoms with Crippen molar-refractivity contribution in [1.29, 1.82) is 0 Å². The van der Waals surface area contributed by atoms with Crippen LogP contribution in [0.4, 0.5) is 18.9 Å². The van der Waals surface area contributed by atoms with E-state index in [0.717, 1.165) is 6.07 Å². The molecule has 0 saturated carbocycles. The third kappa shape index (κ3) is 6.45. The van der Waals surface area contributed by atoms with Crippen LogP contribution < -0.4 is 10.2 Å². The van der Waals surface area contributed by atoms with Gasteiger partial charge in [0.05, 0.1) is 18.8 Å². The van der Waals surface area contributed by atoms with Crippen molar-refractivity contribution < 1.29 is 27.5 Å². The average Bonchev–Trinajstić information content (AvgIpc) is 2.76. The van der Waals surface area contributed by atoms with Gasteiger partial charge in [0, 0.05) is 48.7 Å². The Kier molecular flexibility index (Phi) is 7.56. The van der Waals surface area contributed by atoms with Crippen LogP contribution in [0.25, 0.3) is 0 Å². The van der Waals surface area contributed by atoms with Gasteiger partial charge in [0.2, 0.25) is 5.91 Å². The zero-order chi connectivity index (χ0) is 22.4. The molecule has 1 aliphatic heterocycles. The number of carbonyl (C=O) groups is 2. The smallest absolute Gasteiger partial charge is 0.378 e. The zero-order valence-electron chi connectivity index (χ0n) is 16.7. The van der Waals surface area contributed by atoms with Gasteiger partial charge in [-0.1, -0.05) is 17.7 Å². The van der Waals surface area contributed by atoms with Gasteiger partial charge in [-0.05, 0) is 42.0 Å². The maximum atomic E-state index is 13.6. The van der Waals surface area contributed by atoms with Crippen molar-refractivity contribution in [2.75, 3.05) is 31.2 Å². The van der Waals surface area contributed by atoms with E-state index in [0.29, 0.717) is 42.6 Å². The predicted molar refractivity (Wildman–Crippen MR) is 111 cm³/mol. The van der Waals surface area contributed by atoms with Crippen molar-refractivity contribution in [1.82, 2.24) is 5.32 Å². The number of hydrogen-bond acceptors (Lipinski definition) is 4. The van der Waals surface area contributed by atoms with Gasteiger partial charge in [0.25, 0.3) is 0 Å². The fraction of sp³-hybridized carbons (Fsp3) is 0.364. The predicted octanol–water partition coefficient (Wildman–Crippen LogP) is 4.47. The molecule has 0 radical (unpaired) electrons. The van der Waals surface area contributed by atoms with E-state index in [1.54, 1.807) is 30.3 Å². The van der Waals surface area contributed by atoms with Gasteiger partial charge in [0.1, 0.15) is 0 Å². The maximum absolute atomic E-state index is 13.6. The number of ketones is 1. The molecular weight excluding hydrogens is 433 g/mol. The van der Waals surface area contributed by atoms with Gasteiger partial charge >= 0.3 is 6.18 Å². The molecule has 0 unspecified atom stereocenters. The maximum Gasteiger partial charge on any atom is 0.416 e. The van der Waals surface area contributed by atoms with Crippen LogP contribution in [0.3, 0.4) is 0 Å². The number of hydrogen-bond donors (Lipinski definition) is 1. The largest absolute Gasteiger partial charge is 0.416 e. The first kappa shape index (κ1) is 23.1. The number of anilines is 1. The lowest BCUT2D eigenvalue weighted by Gasteiger charge is -2.29. The fourth-order valence-corrected chi connectivity index (χ4v) is 3.42. The molecule has 0 atom stereocenters. The lowest BCUT2D eigenvalue weighted by molar-refractivity contribution is -0.138. The number of alkyl halides is 3. The highest BCUT2D eigenvalue weighted by molar-refractivity contribution is 6.30. The summed E-state index contributed by atoms with van der Waals surface area (Å²) in [5.74, 6) is -0.731. The van der Waals surface area contributed by atoms with E-state index < -0.39 is 17.6 Å². The van der Waals surface area contributed by atoms with Crippen LogP contribution in [0.1, 0.15) is 34.3 Å². The molecule has 2 aromatic carbocycles. The molecule has 9 heteroatoms. The number of halogens is 4. The van der Waals surface area contributed by atoms with E-state index in [9.17, 15) is 22.8 Å². The molecule has 1 aliphatic rings. The Bertz CT molecular complexity index is 927. The third-order valence-corrected chi connectivity index (χ3v) is 5.25. The van der Waals surface area contributed by atoms with Crippen molar-refractivity contribution in [2.24, 2.45) is 0 Å². The molecule has 1 amide bonds. The third-order valence-electron chi connectivity index (χ3n) is 5.00. The zero-order valence-corrected chi connectivity index (χ0v) is 17.4. The number of Topliss-reactive ketones (excluding diaryl/α,β-unsaturated/α-hetero) is 1. The van der Waals surface area contributed by atoms with Crippen molar-refractivity contribution in [3.05, 3.63) is 64.2 Å². The normalized spacial score (nSPS) is 14.4. The van der Waals surface area contributed by atoms with Crippen LogP contribution in [0.15, 0.2) is 42.5 Å². The van der Waals surface area contributed by atoms with Gasteiger partial charge in [-0.25, -0.2) is 0 Å². The van der Waals surface area contributed by atoms with Gasteiger partial charge < -0.3 is 15.0 Å². The molecule has 0 spiro atoms. The Balaban J connectivity index is 1.60. The van der Waals surface area contributed by atoms with E-state index in [1.807, 2.05) is 4.90 Å². The second-order valence-corrected chi connectivity index (χ2v) is 7.58. The number of amides is 1. The molecule has 0 aliphatic carbocycles. The van der Waals surface area contributed by atoms with Crippen LogP contribution in [-0.2, 0) is 22.3 Å². The van der Waals surface area contributed by atoms with Gasteiger partial charge in [-0.15, -0.1) is 0 Å². The van der Waals surface area contributed by atoms with E-state index in [1.165, 1.54) is 6.07 Å². The Hall–Kier alpha value is -2.58. The lowest BCUT2D eigenvalue weighted by atomic mass is 10.0. The Morgan fingerprint density at radius 3 is 2.35 bits per heavy atom. The van der Waals surface area contributed by atoms with Crippen LogP contribution >= 0.6 is 11.6 Å². The van der Waals surface area contributed by atoms with Gasteiger partial charge in [-0.2, -0.15) is 13.2 Å². The summed E-state index contributed by atoms with van der Waals surface area (Å²) in [4.78, 5) is 26.1. The first-order chi connectivity index (χ1) is 14.7.